The summed E-state index contributed by atoms with van der Waals surface area (Å²) in [7, 11) is 0. The van der Waals surface area contributed by atoms with Crippen molar-refractivity contribution in [3.63, 3.8) is 0 Å². The molecule has 0 fully saturated rings. The summed E-state index contributed by atoms with van der Waals surface area (Å²) in [6, 6.07) is 5.80. The van der Waals surface area contributed by atoms with Crippen molar-refractivity contribution in [3.8, 4) is 0 Å². The second-order valence-corrected chi connectivity index (χ2v) is 5.97. The third-order valence-corrected chi connectivity index (χ3v) is 2.95. The molecule has 4 nitrogen and oxygen atoms in total. The highest BCUT2D eigenvalue weighted by Gasteiger charge is 2.12. The molecule has 0 unspecified atom stereocenters. The molecule has 0 bridgehead atoms. The van der Waals surface area contributed by atoms with Crippen LogP contribution in [0.1, 0.15) is 43.6 Å². The molecule has 0 aliphatic heterocycles. The highest BCUT2D eigenvalue weighted by atomic mass is 16.5. The van der Waals surface area contributed by atoms with Crippen LogP contribution in [0.5, 0.6) is 0 Å². The van der Waals surface area contributed by atoms with E-state index in [2.05, 4.69) is 32.2 Å². The number of aryl methyl sites for hydroxylation is 1. The van der Waals surface area contributed by atoms with Gasteiger partial charge in [-0.15, -0.1) is 0 Å². The number of rotatable bonds is 6. The second-order valence-electron chi connectivity index (χ2n) is 5.97. The molecule has 0 spiro atoms. The lowest BCUT2D eigenvalue weighted by molar-refractivity contribution is 0.0798. The molecule has 0 aliphatic rings. The Balaban J connectivity index is 1.84. The summed E-state index contributed by atoms with van der Waals surface area (Å²) in [4.78, 5) is 0. The molecule has 1 N–H and O–H groups in total. The van der Waals surface area contributed by atoms with Crippen molar-refractivity contribution in [3.05, 3.63) is 47.3 Å². The average Bonchev–Trinajstić information content (AvgIpc) is 2.96. The average molecular weight is 277 g/mol. The van der Waals surface area contributed by atoms with E-state index >= 15 is 0 Å². The largest absolute Gasteiger partial charge is 0.467 e. The third kappa shape index (κ3) is 4.54. The van der Waals surface area contributed by atoms with E-state index in [9.17, 15) is 0 Å². The lowest BCUT2D eigenvalue weighted by Crippen LogP contribution is -2.35. The molecular weight excluding hydrogens is 254 g/mol. The molecule has 4 heteroatoms. The van der Waals surface area contributed by atoms with Crippen LogP contribution in [-0.2, 0) is 24.5 Å². The molecule has 2 aromatic heterocycles. The van der Waals surface area contributed by atoms with Crippen molar-refractivity contribution in [1.29, 1.82) is 0 Å². The van der Waals surface area contributed by atoms with E-state index in [1.807, 2.05) is 19.1 Å². The van der Waals surface area contributed by atoms with E-state index in [0.717, 1.165) is 23.8 Å². The quantitative estimate of drug-likeness (QED) is 0.872. The minimum atomic E-state index is 0.0969. The van der Waals surface area contributed by atoms with E-state index in [4.69, 9.17) is 13.6 Å². The van der Waals surface area contributed by atoms with Gasteiger partial charge in [0.25, 0.3) is 0 Å². The van der Waals surface area contributed by atoms with Crippen LogP contribution < -0.4 is 5.32 Å². The zero-order valence-electron chi connectivity index (χ0n) is 12.7. The highest BCUT2D eigenvalue weighted by Crippen LogP contribution is 2.17. The minimum absolute atomic E-state index is 0.0969. The fourth-order valence-electron chi connectivity index (χ4n) is 1.84. The molecule has 0 aliphatic carbocycles. The molecule has 2 aromatic rings. The molecule has 2 heterocycles. The van der Waals surface area contributed by atoms with Gasteiger partial charge >= 0.3 is 0 Å². The lowest BCUT2D eigenvalue weighted by atomic mass is 10.1. The summed E-state index contributed by atoms with van der Waals surface area (Å²) in [5.74, 6) is 2.61. The summed E-state index contributed by atoms with van der Waals surface area (Å²) in [6.45, 7) is 10.1. The number of hydrogen-bond donors (Lipinski definition) is 1. The molecule has 0 radical (unpaired) electrons. The number of hydrogen-bond acceptors (Lipinski definition) is 4. The Hall–Kier alpha value is -1.52. The summed E-state index contributed by atoms with van der Waals surface area (Å²) in [5.41, 5.74) is 1.27. The van der Waals surface area contributed by atoms with Crippen LogP contribution in [0, 0.1) is 6.92 Å². The standard InChI is InChI=1S/C16H23NO3/c1-12-13(9-17-16(2,3)4)8-15(20-12)11-18-10-14-6-5-7-19-14/h5-8,17H,9-11H2,1-4H3. The van der Waals surface area contributed by atoms with E-state index in [1.165, 1.54) is 5.56 Å². The fourth-order valence-corrected chi connectivity index (χ4v) is 1.84. The Morgan fingerprint density at radius 2 is 1.95 bits per heavy atom. The van der Waals surface area contributed by atoms with Gasteiger partial charge in [0.1, 0.15) is 30.5 Å². The normalized spacial score (nSPS) is 12.0. The lowest BCUT2D eigenvalue weighted by Gasteiger charge is -2.20. The molecule has 0 amide bonds. The predicted molar refractivity (Wildman–Crippen MR) is 77.2 cm³/mol. The monoisotopic (exact) mass is 277 g/mol. The van der Waals surface area contributed by atoms with Gasteiger partial charge in [-0.1, -0.05) is 0 Å². The smallest absolute Gasteiger partial charge is 0.130 e. The predicted octanol–water partition coefficient (Wildman–Crippen LogP) is 3.79. The van der Waals surface area contributed by atoms with Gasteiger partial charge in [-0.2, -0.15) is 0 Å². The summed E-state index contributed by atoms with van der Waals surface area (Å²) in [5, 5.41) is 3.45. The molecule has 110 valence electrons. The molecule has 0 saturated carbocycles. The van der Waals surface area contributed by atoms with Gasteiger partial charge in [0.2, 0.25) is 0 Å². The van der Waals surface area contributed by atoms with E-state index in [0.29, 0.717) is 13.2 Å². The summed E-state index contributed by atoms with van der Waals surface area (Å²) in [6.07, 6.45) is 1.64. The maximum Gasteiger partial charge on any atom is 0.130 e. The zero-order valence-corrected chi connectivity index (χ0v) is 12.7. The van der Waals surface area contributed by atoms with Gasteiger partial charge in [-0.25, -0.2) is 0 Å². The minimum Gasteiger partial charge on any atom is -0.467 e. The van der Waals surface area contributed by atoms with Crippen molar-refractivity contribution in [2.45, 2.75) is 53.0 Å². The Kier molecular flexibility index (Phi) is 4.68. The fraction of sp³-hybridized carbons (Fsp3) is 0.500. The van der Waals surface area contributed by atoms with Crippen molar-refractivity contribution in [2.24, 2.45) is 0 Å². The molecule has 20 heavy (non-hydrogen) atoms. The van der Waals surface area contributed by atoms with E-state index in [-0.39, 0.29) is 5.54 Å². The van der Waals surface area contributed by atoms with Crippen molar-refractivity contribution < 1.29 is 13.6 Å². The first-order valence-corrected chi connectivity index (χ1v) is 6.87. The van der Waals surface area contributed by atoms with Crippen LogP contribution in [-0.4, -0.2) is 5.54 Å². The second kappa shape index (κ2) is 6.29. The van der Waals surface area contributed by atoms with Gasteiger partial charge < -0.3 is 18.9 Å². The molecular formula is C16H23NO3. The highest BCUT2D eigenvalue weighted by molar-refractivity contribution is 5.20. The Morgan fingerprint density at radius 3 is 2.60 bits per heavy atom. The first kappa shape index (κ1) is 14.9. The van der Waals surface area contributed by atoms with E-state index in [1.54, 1.807) is 6.26 Å². The first-order chi connectivity index (χ1) is 9.44. The van der Waals surface area contributed by atoms with Crippen LogP contribution >= 0.6 is 0 Å². The van der Waals surface area contributed by atoms with Crippen molar-refractivity contribution in [2.75, 3.05) is 0 Å². The van der Waals surface area contributed by atoms with Gasteiger partial charge in [0, 0.05) is 17.6 Å². The number of nitrogens with one attached hydrogen (secondary N) is 1. The van der Waals surface area contributed by atoms with Crippen LogP contribution in [0.2, 0.25) is 0 Å². The maximum absolute atomic E-state index is 5.70. The van der Waals surface area contributed by atoms with Gasteiger partial charge in [0.15, 0.2) is 0 Å². The van der Waals surface area contributed by atoms with E-state index < -0.39 is 0 Å². The third-order valence-electron chi connectivity index (χ3n) is 2.95. The van der Waals surface area contributed by atoms with Crippen LogP contribution in [0.4, 0.5) is 0 Å². The Morgan fingerprint density at radius 1 is 1.20 bits per heavy atom. The SMILES string of the molecule is Cc1oc(COCc2ccco2)cc1CNC(C)(C)C. The maximum atomic E-state index is 5.70. The van der Waals surface area contributed by atoms with Crippen LogP contribution in [0.3, 0.4) is 0 Å². The van der Waals surface area contributed by atoms with Crippen LogP contribution in [0.15, 0.2) is 33.3 Å². The topological polar surface area (TPSA) is 47.5 Å². The van der Waals surface area contributed by atoms with Crippen molar-refractivity contribution in [1.82, 2.24) is 5.32 Å². The Labute approximate surface area is 120 Å². The molecule has 0 saturated heterocycles. The van der Waals surface area contributed by atoms with Crippen molar-refractivity contribution >= 4 is 0 Å². The molecule has 2 rings (SSSR count). The van der Waals surface area contributed by atoms with Gasteiger partial charge in [0.05, 0.1) is 6.26 Å². The zero-order chi connectivity index (χ0) is 14.6. The number of ether oxygens (including phenoxy) is 1. The summed E-state index contributed by atoms with van der Waals surface area (Å²) < 4.78 is 16.5. The summed E-state index contributed by atoms with van der Waals surface area (Å²) >= 11 is 0. The first-order valence-electron chi connectivity index (χ1n) is 6.87. The van der Waals surface area contributed by atoms with Gasteiger partial charge in [-0.3, -0.25) is 0 Å². The van der Waals surface area contributed by atoms with Gasteiger partial charge in [-0.05, 0) is 45.9 Å². The molecule has 0 aromatic carbocycles. The molecule has 0 atom stereocenters. The van der Waals surface area contributed by atoms with Crippen LogP contribution in [0.25, 0.3) is 0 Å². The number of furan rings is 2. The Bertz CT molecular complexity index is 520.